The highest BCUT2D eigenvalue weighted by Crippen LogP contribution is 2.12. The molecule has 0 spiro atoms. The molecule has 1 N–H and O–H groups in total. The molecule has 1 atom stereocenters. The van der Waals surface area contributed by atoms with Crippen molar-refractivity contribution in [3.05, 3.63) is 24.0 Å². The first-order valence-corrected chi connectivity index (χ1v) is 3.80. The number of hydroxylamine groups is 2. The van der Waals surface area contributed by atoms with Gasteiger partial charge in [-0.3, -0.25) is 0 Å². The number of allylic oxidation sites excluding steroid dienone is 1. The van der Waals surface area contributed by atoms with E-state index in [-0.39, 0.29) is 6.04 Å². The molecule has 0 aliphatic heterocycles. The zero-order chi connectivity index (χ0) is 9.72. The molecule has 0 rings (SSSR count). The Morgan fingerprint density at radius 1 is 1.58 bits per heavy atom. The molecule has 0 radical (unpaired) electrons. The maximum Gasteiger partial charge on any atom is 0.0900 e. The first-order chi connectivity index (χ1) is 5.54. The van der Waals surface area contributed by atoms with Crippen LogP contribution in [-0.2, 0) is 4.84 Å². The van der Waals surface area contributed by atoms with E-state index in [9.17, 15) is 5.11 Å². The maximum atomic E-state index is 9.22. The largest absolute Gasteiger partial charge is 0.513 e. The lowest BCUT2D eigenvalue weighted by molar-refractivity contribution is -0.120. The summed E-state index contributed by atoms with van der Waals surface area (Å²) >= 11 is 0. The molecule has 0 bridgehead atoms. The Hall–Kier alpha value is -0.800. The molecule has 12 heavy (non-hydrogen) atoms. The molecule has 3 nitrogen and oxygen atoms in total. The van der Waals surface area contributed by atoms with Gasteiger partial charge in [-0.1, -0.05) is 6.08 Å². The third-order valence-corrected chi connectivity index (χ3v) is 1.92. The average molecular weight is 171 g/mol. The number of likely N-dealkylation sites (N-methyl/N-ethyl adjacent to an activating group) is 1. The van der Waals surface area contributed by atoms with Crippen LogP contribution in [0.3, 0.4) is 0 Å². The fraction of sp³-hybridized carbons (Fsp3) is 0.556. The summed E-state index contributed by atoms with van der Waals surface area (Å²) in [6.07, 6.45) is 1.72. The van der Waals surface area contributed by atoms with Crippen LogP contribution in [0.5, 0.6) is 0 Å². The van der Waals surface area contributed by atoms with E-state index in [1.165, 1.54) is 0 Å². The molecule has 0 unspecified atom stereocenters. The fourth-order valence-electron chi connectivity index (χ4n) is 0.926. The van der Waals surface area contributed by atoms with E-state index in [1.807, 2.05) is 6.92 Å². The van der Waals surface area contributed by atoms with E-state index in [2.05, 4.69) is 6.58 Å². The Morgan fingerprint density at radius 3 is 2.33 bits per heavy atom. The van der Waals surface area contributed by atoms with Gasteiger partial charge in [0, 0.05) is 7.05 Å². The van der Waals surface area contributed by atoms with Gasteiger partial charge in [-0.2, -0.15) is 5.06 Å². The topological polar surface area (TPSA) is 32.7 Å². The van der Waals surface area contributed by atoms with Gasteiger partial charge < -0.3 is 9.94 Å². The predicted octanol–water partition coefficient (Wildman–Crippen LogP) is 1.89. The Morgan fingerprint density at radius 2 is 2.08 bits per heavy atom. The number of aliphatic hydroxyl groups is 1. The summed E-state index contributed by atoms with van der Waals surface area (Å²) in [5.41, 5.74) is 0.842. The second kappa shape index (κ2) is 4.95. The minimum Gasteiger partial charge on any atom is -0.513 e. The quantitative estimate of drug-likeness (QED) is 0.398. The molecule has 0 aliphatic carbocycles. The summed E-state index contributed by atoms with van der Waals surface area (Å²) in [5, 5.41) is 10.8. The van der Waals surface area contributed by atoms with Crippen molar-refractivity contribution in [3.8, 4) is 0 Å². The monoisotopic (exact) mass is 171 g/mol. The molecule has 0 aliphatic rings. The predicted molar refractivity (Wildman–Crippen MR) is 49.8 cm³/mol. The summed E-state index contributed by atoms with van der Waals surface area (Å²) in [4.78, 5) is 4.99. The maximum absolute atomic E-state index is 9.22. The smallest absolute Gasteiger partial charge is 0.0900 e. The van der Waals surface area contributed by atoms with Gasteiger partial charge in [0.25, 0.3) is 0 Å². The van der Waals surface area contributed by atoms with Crippen molar-refractivity contribution in [2.75, 3.05) is 14.2 Å². The van der Waals surface area contributed by atoms with Crippen LogP contribution in [0.2, 0.25) is 0 Å². The molecular formula is C9H17NO2. The Labute approximate surface area is 73.9 Å². The second-order valence-electron chi connectivity index (χ2n) is 2.68. The average Bonchev–Trinajstić information content (AvgIpc) is 2.05. The van der Waals surface area contributed by atoms with Gasteiger partial charge in [0.05, 0.1) is 18.9 Å². The van der Waals surface area contributed by atoms with Crippen LogP contribution in [0.4, 0.5) is 0 Å². The van der Waals surface area contributed by atoms with Crippen molar-refractivity contribution in [1.82, 2.24) is 5.06 Å². The molecule has 0 saturated carbocycles. The minimum absolute atomic E-state index is 0.0694. The number of hydrogen-bond donors (Lipinski definition) is 1. The van der Waals surface area contributed by atoms with E-state index in [4.69, 9.17) is 4.84 Å². The van der Waals surface area contributed by atoms with Crippen molar-refractivity contribution in [2.45, 2.75) is 19.9 Å². The highest BCUT2D eigenvalue weighted by Gasteiger charge is 2.14. The Bertz CT molecular complexity index is 183. The van der Waals surface area contributed by atoms with Crippen LogP contribution >= 0.6 is 0 Å². The summed E-state index contributed by atoms with van der Waals surface area (Å²) < 4.78 is 0. The standard InChI is InChI=1S/C9H17NO2/c1-6-9(10(4)12-5)7(2)8(3)11/h6,9,11H,1H2,2-5H3/b8-7-/t9-/m1/s1. The van der Waals surface area contributed by atoms with E-state index in [0.29, 0.717) is 5.76 Å². The number of nitrogens with zero attached hydrogens (tertiary/aromatic N) is 1. The minimum atomic E-state index is -0.0694. The van der Waals surface area contributed by atoms with Gasteiger partial charge in [-0.25, -0.2) is 0 Å². The van der Waals surface area contributed by atoms with Gasteiger partial charge in [-0.05, 0) is 19.4 Å². The van der Waals surface area contributed by atoms with Crippen molar-refractivity contribution in [3.63, 3.8) is 0 Å². The van der Waals surface area contributed by atoms with Crippen molar-refractivity contribution >= 4 is 0 Å². The number of aliphatic hydroxyl groups excluding tert-OH is 1. The summed E-state index contributed by atoms with van der Waals surface area (Å²) in [6.45, 7) is 7.16. The van der Waals surface area contributed by atoms with Crippen molar-refractivity contribution in [1.29, 1.82) is 0 Å². The van der Waals surface area contributed by atoms with E-state index in [0.717, 1.165) is 5.57 Å². The molecule has 0 aromatic heterocycles. The summed E-state index contributed by atoms with van der Waals surface area (Å²) in [6, 6.07) is -0.0694. The van der Waals surface area contributed by atoms with Gasteiger partial charge in [-0.15, -0.1) is 6.58 Å². The molecule has 0 amide bonds. The molecule has 0 saturated heterocycles. The third-order valence-electron chi connectivity index (χ3n) is 1.92. The first kappa shape index (κ1) is 11.2. The zero-order valence-electron chi connectivity index (χ0n) is 8.16. The normalized spacial score (nSPS) is 15.8. The lowest BCUT2D eigenvalue weighted by Gasteiger charge is -2.23. The van der Waals surface area contributed by atoms with Gasteiger partial charge in [0.1, 0.15) is 0 Å². The third kappa shape index (κ3) is 2.68. The van der Waals surface area contributed by atoms with Gasteiger partial charge in [0.15, 0.2) is 0 Å². The lowest BCUT2D eigenvalue weighted by Crippen LogP contribution is -2.30. The molecule has 70 valence electrons. The van der Waals surface area contributed by atoms with E-state index in [1.54, 1.807) is 32.2 Å². The highest BCUT2D eigenvalue weighted by atomic mass is 16.7. The zero-order valence-corrected chi connectivity index (χ0v) is 8.16. The molecule has 0 aromatic carbocycles. The SMILES string of the molecule is C=C[C@H](/C(C)=C(/C)O)N(C)OC. The molecule has 0 fully saturated rings. The summed E-state index contributed by atoms with van der Waals surface area (Å²) in [7, 11) is 3.37. The summed E-state index contributed by atoms with van der Waals surface area (Å²) in [5.74, 6) is 0.309. The van der Waals surface area contributed by atoms with Gasteiger partial charge >= 0.3 is 0 Å². The Balaban J connectivity index is 4.56. The number of rotatable bonds is 4. The number of hydrogen-bond acceptors (Lipinski definition) is 3. The highest BCUT2D eigenvalue weighted by molar-refractivity contribution is 5.16. The van der Waals surface area contributed by atoms with Crippen LogP contribution in [0.15, 0.2) is 24.0 Å². The molecule has 3 heteroatoms. The van der Waals surface area contributed by atoms with Crippen LogP contribution in [-0.4, -0.2) is 30.4 Å². The molecular weight excluding hydrogens is 154 g/mol. The van der Waals surface area contributed by atoms with Crippen LogP contribution < -0.4 is 0 Å². The van der Waals surface area contributed by atoms with Crippen LogP contribution in [0, 0.1) is 0 Å². The fourth-order valence-corrected chi connectivity index (χ4v) is 0.926. The van der Waals surface area contributed by atoms with Gasteiger partial charge in [0.2, 0.25) is 0 Å². The lowest BCUT2D eigenvalue weighted by atomic mass is 10.1. The first-order valence-electron chi connectivity index (χ1n) is 3.80. The molecule has 0 aromatic rings. The molecule has 0 heterocycles. The second-order valence-corrected chi connectivity index (χ2v) is 2.68. The van der Waals surface area contributed by atoms with Crippen LogP contribution in [0.1, 0.15) is 13.8 Å². The van der Waals surface area contributed by atoms with Crippen molar-refractivity contribution in [2.24, 2.45) is 0 Å². The van der Waals surface area contributed by atoms with Crippen LogP contribution in [0.25, 0.3) is 0 Å². The van der Waals surface area contributed by atoms with E-state index >= 15 is 0 Å². The Kier molecular flexibility index (Phi) is 4.62. The van der Waals surface area contributed by atoms with Crippen molar-refractivity contribution < 1.29 is 9.94 Å². The van der Waals surface area contributed by atoms with E-state index < -0.39 is 0 Å².